The van der Waals surface area contributed by atoms with Crippen LogP contribution in [0.2, 0.25) is 0 Å². The minimum Gasteiger partial charge on any atom is -0.417 e. The highest BCUT2D eigenvalue weighted by molar-refractivity contribution is 5.74. The van der Waals surface area contributed by atoms with Crippen LogP contribution in [-0.4, -0.2) is 50.9 Å². The summed E-state index contributed by atoms with van der Waals surface area (Å²) in [5.41, 5.74) is -0.833. The number of urea groups is 1. The van der Waals surface area contributed by atoms with Gasteiger partial charge in [0.05, 0.1) is 6.54 Å². The second kappa shape index (κ2) is 7.82. The average Bonchev–Trinajstić information content (AvgIpc) is 3.27. The molecule has 2 aromatic heterocycles. The van der Waals surface area contributed by atoms with Gasteiger partial charge in [-0.15, -0.1) is 0 Å². The summed E-state index contributed by atoms with van der Waals surface area (Å²) < 4.78 is 33.8. The summed E-state index contributed by atoms with van der Waals surface area (Å²) in [6.07, 6.45) is 2.16. The third-order valence-electron chi connectivity index (χ3n) is 4.17. The van der Waals surface area contributed by atoms with Crippen molar-refractivity contribution in [3.05, 3.63) is 35.6 Å². The predicted octanol–water partition coefficient (Wildman–Crippen LogP) is 1.43. The second-order valence-corrected chi connectivity index (χ2v) is 6.11. The van der Waals surface area contributed by atoms with Crippen molar-refractivity contribution in [1.82, 2.24) is 25.3 Å². The molecule has 0 radical (unpaired) electrons. The maximum atomic E-state index is 12.3. The summed E-state index contributed by atoms with van der Waals surface area (Å²) in [4.78, 5) is 21.6. The van der Waals surface area contributed by atoms with E-state index >= 15 is 0 Å². The van der Waals surface area contributed by atoms with Crippen molar-refractivity contribution in [2.45, 2.75) is 38.5 Å². The number of ether oxygens (including phenoxy) is 1. The van der Waals surface area contributed by atoms with Crippen LogP contribution < -0.4 is 10.1 Å². The van der Waals surface area contributed by atoms with E-state index in [-0.39, 0.29) is 31.3 Å². The number of alkyl halides is 2. The Morgan fingerprint density at radius 3 is 3.07 bits per heavy atom. The van der Waals surface area contributed by atoms with Crippen molar-refractivity contribution in [2.75, 3.05) is 13.1 Å². The number of hydrogen-bond donors (Lipinski definition) is 2. The van der Waals surface area contributed by atoms with Crippen LogP contribution in [0.1, 0.15) is 30.6 Å². The molecule has 3 rings (SSSR count). The van der Waals surface area contributed by atoms with Crippen molar-refractivity contribution < 1.29 is 27.9 Å². The van der Waals surface area contributed by atoms with Gasteiger partial charge in [0.25, 0.3) is 5.89 Å². The number of rotatable bonds is 6. The zero-order chi connectivity index (χ0) is 19.4. The Bertz CT molecular complexity index is 803. The van der Waals surface area contributed by atoms with Crippen LogP contribution in [0.5, 0.6) is 5.88 Å². The number of nitrogens with zero attached hydrogens (tertiary/aromatic N) is 4. The first-order valence-electron chi connectivity index (χ1n) is 8.37. The van der Waals surface area contributed by atoms with Gasteiger partial charge in [-0.2, -0.15) is 13.8 Å². The molecule has 2 N–H and O–H groups in total. The number of amides is 2. The third kappa shape index (κ3) is 4.48. The molecule has 146 valence electrons. The summed E-state index contributed by atoms with van der Waals surface area (Å²) in [7, 11) is 0. The van der Waals surface area contributed by atoms with Gasteiger partial charge in [0.1, 0.15) is 0 Å². The van der Waals surface area contributed by atoms with Crippen LogP contribution in [0.4, 0.5) is 13.6 Å². The molecular weight excluding hydrogens is 364 g/mol. The van der Waals surface area contributed by atoms with E-state index in [9.17, 15) is 18.7 Å². The third-order valence-corrected chi connectivity index (χ3v) is 4.17. The molecule has 0 spiro atoms. The van der Waals surface area contributed by atoms with Gasteiger partial charge in [0, 0.05) is 38.2 Å². The number of carbonyl (C=O) groups is 1. The summed E-state index contributed by atoms with van der Waals surface area (Å²) >= 11 is 0. The Labute approximate surface area is 153 Å². The smallest absolute Gasteiger partial charge is 0.388 e. The van der Waals surface area contributed by atoms with E-state index in [0.29, 0.717) is 24.4 Å². The van der Waals surface area contributed by atoms with Gasteiger partial charge in [-0.3, -0.25) is 0 Å². The van der Waals surface area contributed by atoms with Crippen LogP contribution in [0.3, 0.4) is 0 Å². The summed E-state index contributed by atoms with van der Waals surface area (Å²) in [6.45, 7) is -0.689. The molecule has 0 aliphatic carbocycles. The minimum absolute atomic E-state index is 0.0142. The van der Waals surface area contributed by atoms with Gasteiger partial charge in [-0.05, 0) is 11.6 Å². The molecule has 1 saturated heterocycles. The van der Waals surface area contributed by atoms with E-state index in [1.165, 1.54) is 17.2 Å². The van der Waals surface area contributed by atoms with Gasteiger partial charge in [0.2, 0.25) is 5.88 Å². The topological polar surface area (TPSA) is 114 Å². The molecule has 1 atom stereocenters. The predicted molar refractivity (Wildman–Crippen MR) is 86.9 cm³/mol. The Kier molecular flexibility index (Phi) is 5.49. The first kappa shape index (κ1) is 19.0. The number of aromatic nitrogens is 3. The number of aliphatic hydroxyl groups is 1. The van der Waals surface area contributed by atoms with Gasteiger partial charge in [-0.1, -0.05) is 12.1 Å². The lowest BCUT2D eigenvalue weighted by Gasteiger charge is -2.20. The van der Waals surface area contributed by atoms with Crippen molar-refractivity contribution in [1.29, 1.82) is 0 Å². The number of hydrogen-bond acceptors (Lipinski definition) is 7. The Morgan fingerprint density at radius 1 is 1.56 bits per heavy atom. The fourth-order valence-electron chi connectivity index (χ4n) is 2.73. The lowest BCUT2D eigenvalue weighted by atomic mass is 10.0. The highest BCUT2D eigenvalue weighted by Gasteiger charge is 2.44. The van der Waals surface area contributed by atoms with Gasteiger partial charge in [-0.25, -0.2) is 9.78 Å². The minimum atomic E-state index is -2.97. The quantitative estimate of drug-likeness (QED) is 0.776. The monoisotopic (exact) mass is 383 g/mol. The SMILES string of the molecule is CCc1noc(C2(O)CCN(C(=O)NCc3ccnc(OC(F)F)c3)C2)n1. The van der Waals surface area contributed by atoms with Crippen LogP contribution in [0, 0.1) is 0 Å². The van der Waals surface area contributed by atoms with Crippen molar-refractivity contribution in [2.24, 2.45) is 0 Å². The average molecular weight is 383 g/mol. The molecule has 0 aromatic carbocycles. The maximum Gasteiger partial charge on any atom is 0.388 e. The standard InChI is InChI=1S/C16H19F2N5O4/c1-2-11-21-13(27-22-11)16(25)4-6-23(9-16)15(24)20-8-10-3-5-19-12(7-10)26-14(17)18/h3,5,7,14,25H,2,4,6,8-9H2,1H3,(H,20,24). The first-order chi connectivity index (χ1) is 12.9. The molecule has 0 saturated carbocycles. The highest BCUT2D eigenvalue weighted by Crippen LogP contribution is 2.30. The lowest BCUT2D eigenvalue weighted by molar-refractivity contribution is -0.0529. The summed E-state index contributed by atoms with van der Waals surface area (Å²) in [5.74, 6) is 0.355. The molecule has 3 heterocycles. The Balaban J connectivity index is 1.56. The van der Waals surface area contributed by atoms with Gasteiger partial charge in [0.15, 0.2) is 11.4 Å². The van der Waals surface area contributed by atoms with E-state index in [1.807, 2.05) is 6.92 Å². The largest absolute Gasteiger partial charge is 0.417 e. The molecule has 0 bridgehead atoms. The molecule has 1 aliphatic heterocycles. The molecule has 11 heteroatoms. The number of likely N-dealkylation sites (tertiary alicyclic amines) is 1. The molecule has 27 heavy (non-hydrogen) atoms. The van der Waals surface area contributed by atoms with Crippen molar-refractivity contribution >= 4 is 6.03 Å². The fourth-order valence-corrected chi connectivity index (χ4v) is 2.73. The number of pyridine rings is 1. The van der Waals surface area contributed by atoms with Crippen LogP contribution in [-0.2, 0) is 18.6 Å². The Hall–Kier alpha value is -2.82. The Morgan fingerprint density at radius 2 is 2.37 bits per heavy atom. The van der Waals surface area contributed by atoms with E-state index in [2.05, 4.69) is 25.2 Å². The first-order valence-corrected chi connectivity index (χ1v) is 8.37. The lowest BCUT2D eigenvalue weighted by Crippen LogP contribution is -2.40. The van der Waals surface area contributed by atoms with E-state index in [1.54, 1.807) is 6.07 Å². The zero-order valence-corrected chi connectivity index (χ0v) is 14.6. The summed E-state index contributed by atoms with van der Waals surface area (Å²) in [6, 6.07) is 2.48. The van der Waals surface area contributed by atoms with E-state index < -0.39 is 18.2 Å². The maximum absolute atomic E-state index is 12.3. The van der Waals surface area contributed by atoms with Crippen LogP contribution >= 0.6 is 0 Å². The zero-order valence-electron chi connectivity index (χ0n) is 14.6. The molecule has 1 fully saturated rings. The molecule has 1 unspecified atom stereocenters. The number of β-amino-alcohol motifs (C(OH)–C–C–N with tert-alkyl or cyclic N) is 1. The van der Waals surface area contributed by atoms with Crippen molar-refractivity contribution in [3.8, 4) is 5.88 Å². The molecule has 9 nitrogen and oxygen atoms in total. The van der Waals surface area contributed by atoms with E-state index in [4.69, 9.17) is 4.52 Å². The van der Waals surface area contributed by atoms with Crippen LogP contribution in [0.15, 0.2) is 22.9 Å². The normalized spacial score (nSPS) is 19.5. The van der Waals surface area contributed by atoms with E-state index in [0.717, 1.165) is 0 Å². The number of halogens is 2. The number of aryl methyl sites for hydroxylation is 1. The van der Waals surface area contributed by atoms with Gasteiger partial charge < -0.3 is 24.6 Å². The fraction of sp³-hybridized carbons (Fsp3) is 0.500. The second-order valence-electron chi connectivity index (χ2n) is 6.11. The molecule has 2 aromatic rings. The number of carbonyl (C=O) groups excluding carboxylic acids is 1. The van der Waals surface area contributed by atoms with Crippen LogP contribution in [0.25, 0.3) is 0 Å². The highest BCUT2D eigenvalue weighted by atomic mass is 19.3. The number of nitrogens with one attached hydrogen (secondary N) is 1. The molecule has 1 aliphatic rings. The van der Waals surface area contributed by atoms with Crippen molar-refractivity contribution in [3.63, 3.8) is 0 Å². The molecule has 2 amide bonds. The summed E-state index contributed by atoms with van der Waals surface area (Å²) in [5, 5.41) is 17.1. The van der Waals surface area contributed by atoms with Gasteiger partial charge >= 0.3 is 12.6 Å². The molecular formula is C16H19F2N5O4.